The van der Waals surface area contributed by atoms with E-state index in [1.54, 1.807) is 19.1 Å². The molecule has 0 fully saturated rings. The lowest BCUT2D eigenvalue weighted by atomic mass is 10.1. The van der Waals surface area contributed by atoms with Crippen LogP contribution in [-0.2, 0) is 4.79 Å². The molecule has 1 atom stereocenters. The normalized spacial score (nSPS) is 11.3. The summed E-state index contributed by atoms with van der Waals surface area (Å²) in [5.41, 5.74) is 0.488. The number of hydrogen-bond acceptors (Lipinski definition) is 3. The second kappa shape index (κ2) is 6.81. The van der Waals surface area contributed by atoms with E-state index in [4.69, 9.17) is 22.8 Å². The molecule has 0 aliphatic carbocycles. The summed E-state index contributed by atoms with van der Waals surface area (Å²) in [5.74, 6) is 2.22. The second-order valence-corrected chi connectivity index (χ2v) is 4.29. The number of terminal acetylenes is 1. The van der Waals surface area contributed by atoms with E-state index in [-0.39, 0.29) is 23.3 Å². The molecule has 0 spiro atoms. The quantitative estimate of drug-likeness (QED) is 0.663. The minimum atomic E-state index is -0.728. The van der Waals surface area contributed by atoms with Crippen molar-refractivity contribution in [3.8, 4) is 18.1 Å². The summed E-state index contributed by atoms with van der Waals surface area (Å²) >= 11 is 5.99. The number of rotatable bonds is 5. The Kier molecular flexibility index (Phi) is 5.40. The Labute approximate surface area is 117 Å². The Morgan fingerprint density at radius 2 is 2.21 bits per heavy atom. The minimum Gasteiger partial charge on any atom is -0.479 e. The molecule has 0 bridgehead atoms. The lowest BCUT2D eigenvalue weighted by molar-refractivity contribution is -0.126. The zero-order chi connectivity index (χ0) is 14.4. The summed E-state index contributed by atoms with van der Waals surface area (Å²) in [6, 6.07) is 4.66. The van der Waals surface area contributed by atoms with Crippen LogP contribution in [-0.4, -0.2) is 24.3 Å². The van der Waals surface area contributed by atoms with Crippen LogP contribution in [0.5, 0.6) is 5.75 Å². The first kappa shape index (κ1) is 15.1. The molecule has 1 amide bonds. The molecule has 0 heterocycles. The molecule has 5 heteroatoms. The molecule has 0 radical (unpaired) electrons. The van der Waals surface area contributed by atoms with Gasteiger partial charge in [-0.25, -0.2) is 0 Å². The van der Waals surface area contributed by atoms with Crippen LogP contribution in [0, 0.1) is 12.3 Å². The van der Waals surface area contributed by atoms with E-state index in [2.05, 4.69) is 11.2 Å². The van der Waals surface area contributed by atoms with E-state index in [0.717, 1.165) is 0 Å². The maximum absolute atomic E-state index is 11.6. The van der Waals surface area contributed by atoms with Gasteiger partial charge in [0.05, 0.1) is 11.6 Å². The van der Waals surface area contributed by atoms with Crippen molar-refractivity contribution in [2.24, 2.45) is 0 Å². The van der Waals surface area contributed by atoms with Gasteiger partial charge in [0.2, 0.25) is 0 Å². The molecule has 1 aromatic carbocycles. The smallest absolute Gasteiger partial charge is 0.261 e. The van der Waals surface area contributed by atoms with Gasteiger partial charge in [-0.15, -0.1) is 6.42 Å². The van der Waals surface area contributed by atoms with Crippen molar-refractivity contribution in [2.75, 3.05) is 6.54 Å². The first-order chi connectivity index (χ1) is 8.95. The van der Waals surface area contributed by atoms with E-state index in [1.165, 1.54) is 13.0 Å². The third-order valence-corrected chi connectivity index (χ3v) is 2.67. The maximum Gasteiger partial charge on any atom is 0.261 e. The summed E-state index contributed by atoms with van der Waals surface area (Å²) < 4.78 is 5.41. The summed E-state index contributed by atoms with van der Waals surface area (Å²) in [5, 5.41) is 2.79. The fraction of sp³-hybridized carbons (Fsp3) is 0.286. The largest absolute Gasteiger partial charge is 0.479 e. The summed E-state index contributed by atoms with van der Waals surface area (Å²) in [4.78, 5) is 22.7. The number of carbonyl (C=O) groups is 2. The average molecular weight is 280 g/mol. The zero-order valence-electron chi connectivity index (χ0n) is 10.7. The first-order valence-electron chi connectivity index (χ1n) is 5.64. The third kappa shape index (κ3) is 4.31. The molecule has 1 unspecified atom stereocenters. The zero-order valence-corrected chi connectivity index (χ0v) is 11.5. The van der Waals surface area contributed by atoms with Crippen LogP contribution >= 0.6 is 11.6 Å². The van der Waals surface area contributed by atoms with Gasteiger partial charge in [-0.3, -0.25) is 9.59 Å². The molecule has 1 rings (SSSR count). The summed E-state index contributed by atoms with van der Waals surface area (Å²) in [7, 11) is 0. The van der Waals surface area contributed by atoms with Gasteiger partial charge < -0.3 is 10.1 Å². The summed E-state index contributed by atoms with van der Waals surface area (Å²) in [6.07, 6.45) is 4.31. The molecule has 4 nitrogen and oxygen atoms in total. The number of carbonyl (C=O) groups excluding carboxylic acids is 2. The van der Waals surface area contributed by atoms with Crippen molar-refractivity contribution in [1.29, 1.82) is 0 Å². The highest BCUT2D eigenvalue weighted by atomic mass is 35.5. The third-order valence-electron chi connectivity index (χ3n) is 2.38. The van der Waals surface area contributed by atoms with E-state index in [1.807, 2.05) is 0 Å². The van der Waals surface area contributed by atoms with Gasteiger partial charge >= 0.3 is 0 Å². The Morgan fingerprint density at radius 1 is 1.53 bits per heavy atom. The highest BCUT2D eigenvalue weighted by Gasteiger charge is 2.15. The van der Waals surface area contributed by atoms with Crippen LogP contribution in [0.1, 0.15) is 24.2 Å². The molecular weight excluding hydrogens is 266 g/mol. The number of ketones is 1. The predicted molar refractivity (Wildman–Crippen MR) is 73.4 cm³/mol. The van der Waals surface area contributed by atoms with Crippen molar-refractivity contribution < 1.29 is 14.3 Å². The Hall–Kier alpha value is -1.99. The number of nitrogens with one attached hydrogen (secondary N) is 1. The van der Waals surface area contributed by atoms with Gasteiger partial charge in [0.25, 0.3) is 5.91 Å². The highest BCUT2D eigenvalue weighted by Crippen LogP contribution is 2.26. The van der Waals surface area contributed by atoms with Gasteiger partial charge in [0.1, 0.15) is 5.75 Å². The van der Waals surface area contributed by atoms with Gasteiger partial charge in [-0.1, -0.05) is 17.5 Å². The van der Waals surface area contributed by atoms with Crippen LogP contribution in [0.15, 0.2) is 18.2 Å². The molecule has 0 saturated carbocycles. The van der Waals surface area contributed by atoms with Crippen LogP contribution in [0.2, 0.25) is 5.02 Å². The monoisotopic (exact) mass is 279 g/mol. The topological polar surface area (TPSA) is 55.4 Å². The highest BCUT2D eigenvalue weighted by molar-refractivity contribution is 6.32. The van der Waals surface area contributed by atoms with Crippen LogP contribution in [0.3, 0.4) is 0 Å². The van der Waals surface area contributed by atoms with E-state index in [9.17, 15) is 9.59 Å². The first-order valence-corrected chi connectivity index (χ1v) is 6.01. The maximum atomic E-state index is 11.6. The number of amides is 1. The number of benzene rings is 1. The standard InChI is InChI=1S/C14H14ClNO3/c1-4-7-16-14(18)10(3)19-13-6-5-11(9(2)17)8-12(13)15/h1,5-6,8,10H,7H2,2-3H3,(H,16,18). The fourth-order valence-electron chi connectivity index (χ4n) is 1.34. The number of hydrogen-bond donors (Lipinski definition) is 1. The molecule has 0 aliphatic rings. The fourth-order valence-corrected chi connectivity index (χ4v) is 1.57. The average Bonchev–Trinajstić information content (AvgIpc) is 2.37. The Morgan fingerprint density at radius 3 is 2.74 bits per heavy atom. The van der Waals surface area contributed by atoms with Crippen molar-refractivity contribution in [2.45, 2.75) is 20.0 Å². The van der Waals surface area contributed by atoms with Crippen LogP contribution in [0.4, 0.5) is 0 Å². The van der Waals surface area contributed by atoms with E-state index < -0.39 is 6.10 Å². The van der Waals surface area contributed by atoms with E-state index >= 15 is 0 Å². The Balaban J connectivity index is 2.75. The SMILES string of the molecule is C#CCNC(=O)C(C)Oc1ccc(C(C)=O)cc1Cl. The van der Waals surface area contributed by atoms with Gasteiger partial charge in [-0.05, 0) is 32.0 Å². The minimum absolute atomic E-state index is 0.0896. The van der Waals surface area contributed by atoms with Crippen molar-refractivity contribution in [3.63, 3.8) is 0 Å². The second-order valence-electron chi connectivity index (χ2n) is 3.88. The van der Waals surface area contributed by atoms with Crippen LogP contribution in [0.25, 0.3) is 0 Å². The number of ether oxygens (including phenoxy) is 1. The van der Waals surface area contributed by atoms with Gasteiger partial charge in [-0.2, -0.15) is 0 Å². The lowest BCUT2D eigenvalue weighted by Gasteiger charge is -2.15. The van der Waals surface area contributed by atoms with E-state index in [0.29, 0.717) is 11.3 Å². The molecule has 0 aliphatic heterocycles. The van der Waals surface area contributed by atoms with Crippen LogP contribution < -0.4 is 10.1 Å². The Bertz CT molecular complexity index is 534. The van der Waals surface area contributed by atoms with Gasteiger partial charge in [0, 0.05) is 5.56 Å². The molecule has 0 aromatic heterocycles. The number of Topliss-reactive ketones (excluding diaryl/α,β-unsaturated/α-hetero) is 1. The van der Waals surface area contributed by atoms with Gasteiger partial charge in [0.15, 0.2) is 11.9 Å². The molecule has 1 N–H and O–H groups in total. The number of halogens is 1. The lowest BCUT2D eigenvalue weighted by Crippen LogP contribution is -2.36. The van der Waals surface area contributed by atoms with Crippen molar-refractivity contribution in [1.82, 2.24) is 5.32 Å². The molecule has 1 aromatic rings. The molecular formula is C14H14ClNO3. The molecule has 100 valence electrons. The molecule has 19 heavy (non-hydrogen) atoms. The summed E-state index contributed by atoms with van der Waals surface area (Å²) in [6.45, 7) is 3.17. The molecule has 0 saturated heterocycles. The van der Waals surface area contributed by atoms with Crippen molar-refractivity contribution >= 4 is 23.3 Å². The van der Waals surface area contributed by atoms with Crippen molar-refractivity contribution in [3.05, 3.63) is 28.8 Å². The predicted octanol–water partition coefficient (Wildman–Crippen LogP) is 2.06.